The van der Waals surface area contributed by atoms with Crippen molar-refractivity contribution in [3.63, 3.8) is 0 Å². The summed E-state index contributed by atoms with van der Waals surface area (Å²) >= 11 is 5.62. The Hall–Kier alpha value is -1.99. The van der Waals surface area contributed by atoms with Crippen LogP contribution in [0.2, 0.25) is 5.02 Å². The maximum absolute atomic E-state index is 13.8. The van der Waals surface area contributed by atoms with Gasteiger partial charge in [0.05, 0.1) is 17.8 Å². The first-order valence-corrected chi connectivity index (χ1v) is 7.61. The molecular formula is C13H12ClFN2O3S. The lowest BCUT2D eigenvalue weighted by atomic mass is 10.3. The molecule has 0 aliphatic carbocycles. The van der Waals surface area contributed by atoms with Gasteiger partial charge in [-0.15, -0.1) is 0 Å². The molecule has 0 aliphatic heterocycles. The highest BCUT2D eigenvalue weighted by atomic mass is 35.5. The molecule has 112 valence electrons. The molecule has 0 fully saturated rings. The smallest absolute Gasteiger partial charge is 0.265 e. The zero-order valence-electron chi connectivity index (χ0n) is 10.9. The van der Waals surface area contributed by atoms with E-state index in [0.717, 1.165) is 0 Å². The largest absolute Gasteiger partial charge is 0.495 e. The quantitative estimate of drug-likeness (QED) is 0.845. The van der Waals surface area contributed by atoms with Crippen molar-refractivity contribution in [1.29, 1.82) is 0 Å². The van der Waals surface area contributed by atoms with Crippen LogP contribution in [0.15, 0.2) is 41.3 Å². The Labute approximate surface area is 126 Å². The van der Waals surface area contributed by atoms with Gasteiger partial charge in [0.2, 0.25) is 0 Å². The van der Waals surface area contributed by atoms with Crippen molar-refractivity contribution in [3.8, 4) is 5.75 Å². The molecule has 0 saturated heterocycles. The predicted molar refractivity (Wildman–Crippen MR) is 79.6 cm³/mol. The number of rotatable bonds is 4. The number of hydrogen-bond donors (Lipinski definition) is 2. The fourth-order valence-corrected chi connectivity index (χ4v) is 3.07. The van der Waals surface area contributed by atoms with E-state index in [2.05, 4.69) is 4.72 Å². The molecule has 0 bridgehead atoms. The van der Waals surface area contributed by atoms with Crippen LogP contribution in [0.4, 0.5) is 15.8 Å². The third kappa shape index (κ3) is 3.20. The first kappa shape index (κ1) is 15.4. The molecule has 0 aromatic heterocycles. The van der Waals surface area contributed by atoms with Crippen LogP contribution in [-0.2, 0) is 10.0 Å². The lowest BCUT2D eigenvalue weighted by molar-refractivity contribution is 0.403. The maximum atomic E-state index is 13.8. The Morgan fingerprint density at radius 2 is 2.00 bits per heavy atom. The van der Waals surface area contributed by atoms with E-state index in [9.17, 15) is 12.8 Å². The Morgan fingerprint density at radius 1 is 1.29 bits per heavy atom. The number of hydrogen-bond acceptors (Lipinski definition) is 4. The van der Waals surface area contributed by atoms with E-state index < -0.39 is 15.8 Å². The first-order chi connectivity index (χ1) is 9.85. The number of sulfonamides is 1. The highest BCUT2D eigenvalue weighted by molar-refractivity contribution is 7.92. The van der Waals surface area contributed by atoms with Crippen LogP contribution >= 0.6 is 11.6 Å². The fourth-order valence-electron chi connectivity index (χ4n) is 1.69. The van der Waals surface area contributed by atoms with Crippen molar-refractivity contribution in [2.24, 2.45) is 0 Å². The molecule has 8 heteroatoms. The second-order valence-corrected chi connectivity index (χ2v) is 6.18. The van der Waals surface area contributed by atoms with Gasteiger partial charge < -0.3 is 10.5 Å². The zero-order valence-corrected chi connectivity index (χ0v) is 12.5. The molecule has 21 heavy (non-hydrogen) atoms. The lowest BCUT2D eigenvalue weighted by Gasteiger charge is -2.12. The third-order valence-corrected chi connectivity index (χ3v) is 4.37. The molecule has 2 aromatic rings. The summed E-state index contributed by atoms with van der Waals surface area (Å²) in [5, 5.41) is -0.181. The standard InChI is InChI=1S/C13H12ClFN2O3S/c1-20-11-7-8(16)5-6-12(11)21(18,19)17-10-4-2-3-9(14)13(10)15/h2-7,17H,16H2,1H3. The molecule has 0 saturated carbocycles. The van der Waals surface area contributed by atoms with Gasteiger partial charge in [-0.1, -0.05) is 17.7 Å². The van der Waals surface area contributed by atoms with E-state index in [1.807, 2.05) is 0 Å². The normalized spacial score (nSPS) is 11.2. The van der Waals surface area contributed by atoms with Crippen molar-refractivity contribution in [2.75, 3.05) is 17.6 Å². The van der Waals surface area contributed by atoms with Crippen LogP contribution in [0, 0.1) is 5.82 Å². The van der Waals surface area contributed by atoms with Crippen LogP contribution in [0.3, 0.4) is 0 Å². The van der Waals surface area contributed by atoms with Crippen molar-refractivity contribution >= 4 is 33.0 Å². The van der Waals surface area contributed by atoms with Gasteiger partial charge in [-0.25, -0.2) is 12.8 Å². The van der Waals surface area contributed by atoms with Gasteiger partial charge in [-0.2, -0.15) is 0 Å². The molecule has 3 N–H and O–H groups in total. The maximum Gasteiger partial charge on any atom is 0.265 e. The molecule has 0 radical (unpaired) electrons. The van der Waals surface area contributed by atoms with E-state index in [0.29, 0.717) is 5.69 Å². The number of methoxy groups -OCH3 is 1. The monoisotopic (exact) mass is 330 g/mol. The number of anilines is 2. The second-order valence-electron chi connectivity index (χ2n) is 4.12. The van der Waals surface area contributed by atoms with Gasteiger partial charge in [-0.05, 0) is 24.3 Å². The number of nitrogen functional groups attached to an aromatic ring is 1. The zero-order chi connectivity index (χ0) is 15.6. The SMILES string of the molecule is COc1cc(N)ccc1S(=O)(=O)Nc1cccc(Cl)c1F. The van der Waals surface area contributed by atoms with Crippen LogP contribution in [0.25, 0.3) is 0 Å². The molecule has 0 spiro atoms. The van der Waals surface area contributed by atoms with Crippen molar-refractivity contribution in [3.05, 3.63) is 47.2 Å². The summed E-state index contributed by atoms with van der Waals surface area (Å²) in [5.74, 6) is -0.790. The molecule has 0 aliphatic rings. The Kier molecular flexibility index (Phi) is 4.24. The summed E-state index contributed by atoms with van der Waals surface area (Å²) in [6.07, 6.45) is 0. The molecular weight excluding hydrogens is 319 g/mol. The summed E-state index contributed by atoms with van der Waals surface area (Å²) in [6, 6.07) is 8.07. The van der Waals surface area contributed by atoms with E-state index in [4.69, 9.17) is 22.1 Å². The van der Waals surface area contributed by atoms with Gasteiger partial charge in [0.15, 0.2) is 5.82 Å². The number of benzene rings is 2. The van der Waals surface area contributed by atoms with Crippen molar-refractivity contribution in [1.82, 2.24) is 0 Å². The molecule has 2 aromatic carbocycles. The minimum absolute atomic E-state index is 0.0601. The summed E-state index contributed by atoms with van der Waals surface area (Å²) < 4.78 is 45.5. The number of nitrogens with one attached hydrogen (secondary N) is 1. The van der Waals surface area contributed by atoms with E-state index >= 15 is 0 Å². The fraction of sp³-hybridized carbons (Fsp3) is 0.0769. The van der Waals surface area contributed by atoms with Crippen LogP contribution in [0.5, 0.6) is 5.75 Å². The van der Waals surface area contributed by atoms with Crippen molar-refractivity contribution < 1.29 is 17.5 Å². The Balaban J connectivity index is 2.46. The average Bonchev–Trinajstić information content (AvgIpc) is 2.43. The molecule has 0 atom stereocenters. The Bertz CT molecular complexity index is 781. The van der Waals surface area contributed by atoms with E-state index in [1.54, 1.807) is 0 Å². The minimum Gasteiger partial charge on any atom is -0.495 e. The summed E-state index contributed by atoms with van der Waals surface area (Å²) in [6.45, 7) is 0. The topological polar surface area (TPSA) is 81.4 Å². The van der Waals surface area contributed by atoms with Gasteiger partial charge in [0, 0.05) is 11.8 Å². The second kappa shape index (κ2) is 5.79. The molecule has 0 amide bonds. The molecule has 2 rings (SSSR count). The molecule has 0 heterocycles. The predicted octanol–water partition coefficient (Wildman–Crippen LogP) is 2.87. The Morgan fingerprint density at radius 3 is 2.67 bits per heavy atom. The van der Waals surface area contributed by atoms with Crippen molar-refractivity contribution in [2.45, 2.75) is 4.90 Å². The third-order valence-electron chi connectivity index (χ3n) is 2.67. The first-order valence-electron chi connectivity index (χ1n) is 5.75. The van der Waals surface area contributed by atoms with Crippen LogP contribution in [0.1, 0.15) is 0 Å². The van der Waals surface area contributed by atoms with E-state index in [1.165, 1.54) is 43.5 Å². The summed E-state index contributed by atoms with van der Waals surface area (Å²) in [7, 11) is -2.73. The highest BCUT2D eigenvalue weighted by Crippen LogP contribution is 2.29. The number of halogens is 2. The molecule has 5 nitrogen and oxygen atoms in total. The lowest BCUT2D eigenvalue weighted by Crippen LogP contribution is -2.15. The molecule has 0 unspecified atom stereocenters. The van der Waals surface area contributed by atoms with Gasteiger partial charge in [0.1, 0.15) is 10.6 Å². The summed E-state index contributed by atoms with van der Waals surface area (Å²) in [5.41, 5.74) is 5.67. The summed E-state index contributed by atoms with van der Waals surface area (Å²) in [4.78, 5) is -0.154. The minimum atomic E-state index is -4.04. The highest BCUT2D eigenvalue weighted by Gasteiger charge is 2.21. The van der Waals surface area contributed by atoms with Gasteiger partial charge in [0.25, 0.3) is 10.0 Å². The van der Waals surface area contributed by atoms with Crippen LogP contribution in [-0.4, -0.2) is 15.5 Å². The van der Waals surface area contributed by atoms with Crippen LogP contribution < -0.4 is 15.2 Å². The number of nitrogens with two attached hydrogens (primary N) is 1. The average molecular weight is 331 g/mol. The number of ether oxygens (including phenoxy) is 1. The van der Waals surface area contributed by atoms with Gasteiger partial charge in [-0.3, -0.25) is 4.72 Å². The van der Waals surface area contributed by atoms with E-state index in [-0.39, 0.29) is 21.4 Å². The van der Waals surface area contributed by atoms with Gasteiger partial charge >= 0.3 is 0 Å².